The van der Waals surface area contributed by atoms with E-state index < -0.39 is 0 Å². The van der Waals surface area contributed by atoms with Crippen LogP contribution in [0.1, 0.15) is 19.3 Å². The lowest BCUT2D eigenvalue weighted by atomic mass is 10.1. The molecular weight excluding hydrogens is 200 g/mol. The van der Waals surface area contributed by atoms with Crippen LogP contribution in [-0.2, 0) is 4.79 Å². The topological polar surface area (TPSA) is 55.1 Å². The Bertz CT molecular complexity index is 412. The molecule has 3 N–H and O–H groups in total. The molecule has 1 aliphatic rings. The first-order chi connectivity index (χ1) is 7.74. The van der Waals surface area contributed by atoms with E-state index in [0.717, 1.165) is 18.5 Å². The number of rotatable bonds is 3. The lowest BCUT2D eigenvalue weighted by Gasteiger charge is -2.08. The molecule has 1 aromatic carbocycles. The lowest BCUT2D eigenvalue weighted by molar-refractivity contribution is -0.116. The maximum absolute atomic E-state index is 11.7. The van der Waals surface area contributed by atoms with E-state index in [0.29, 0.717) is 18.0 Å². The lowest BCUT2D eigenvalue weighted by Crippen LogP contribution is -2.14. The fourth-order valence-corrected chi connectivity index (χ4v) is 1.93. The summed E-state index contributed by atoms with van der Waals surface area (Å²) in [6, 6.07) is 7.25. The van der Waals surface area contributed by atoms with E-state index in [-0.39, 0.29) is 5.91 Å². The molecular formula is C13H16N2O. The van der Waals surface area contributed by atoms with Gasteiger partial charge in [0.1, 0.15) is 0 Å². The van der Waals surface area contributed by atoms with Crippen LogP contribution in [0.5, 0.6) is 0 Å². The molecule has 0 aromatic heterocycles. The Morgan fingerprint density at radius 1 is 1.50 bits per heavy atom. The SMILES string of the molecule is Nc1cccc(NC(=O)CC2C=CCC2)c1. The van der Waals surface area contributed by atoms with Gasteiger partial charge in [-0.15, -0.1) is 0 Å². The number of carbonyl (C=O) groups excluding carboxylic acids is 1. The minimum atomic E-state index is 0.0575. The largest absolute Gasteiger partial charge is 0.399 e. The number of allylic oxidation sites excluding steroid dienone is 2. The number of nitrogens with one attached hydrogen (secondary N) is 1. The van der Waals surface area contributed by atoms with Gasteiger partial charge >= 0.3 is 0 Å². The maximum atomic E-state index is 11.7. The molecule has 0 radical (unpaired) electrons. The summed E-state index contributed by atoms with van der Waals surface area (Å²) >= 11 is 0. The van der Waals surface area contributed by atoms with Crippen LogP contribution in [0.15, 0.2) is 36.4 Å². The number of anilines is 2. The van der Waals surface area contributed by atoms with Gasteiger partial charge in [0, 0.05) is 17.8 Å². The summed E-state index contributed by atoms with van der Waals surface area (Å²) in [7, 11) is 0. The first-order valence-corrected chi connectivity index (χ1v) is 5.56. The zero-order valence-electron chi connectivity index (χ0n) is 9.15. The van der Waals surface area contributed by atoms with Gasteiger partial charge in [-0.3, -0.25) is 4.79 Å². The molecule has 2 rings (SSSR count). The van der Waals surface area contributed by atoms with Crippen LogP contribution >= 0.6 is 0 Å². The molecule has 1 aromatic rings. The molecule has 0 saturated carbocycles. The van der Waals surface area contributed by atoms with E-state index in [9.17, 15) is 4.79 Å². The van der Waals surface area contributed by atoms with E-state index in [2.05, 4.69) is 17.5 Å². The van der Waals surface area contributed by atoms with Crippen LogP contribution in [0.25, 0.3) is 0 Å². The molecule has 0 aliphatic heterocycles. The van der Waals surface area contributed by atoms with Crippen LogP contribution in [0.3, 0.4) is 0 Å². The molecule has 1 unspecified atom stereocenters. The molecule has 16 heavy (non-hydrogen) atoms. The van der Waals surface area contributed by atoms with Gasteiger partial charge in [-0.2, -0.15) is 0 Å². The maximum Gasteiger partial charge on any atom is 0.224 e. The number of nitrogen functional groups attached to an aromatic ring is 1. The molecule has 0 bridgehead atoms. The summed E-state index contributed by atoms with van der Waals surface area (Å²) in [6.45, 7) is 0. The Balaban J connectivity index is 1.89. The molecule has 1 atom stereocenters. The molecule has 0 spiro atoms. The molecule has 3 heteroatoms. The molecule has 1 amide bonds. The molecule has 0 fully saturated rings. The molecule has 1 aliphatic carbocycles. The summed E-state index contributed by atoms with van der Waals surface area (Å²) in [5, 5.41) is 2.86. The van der Waals surface area contributed by atoms with E-state index in [1.807, 2.05) is 12.1 Å². The zero-order valence-corrected chi connectivity index (χ0v) is 9.15. The Labute approximate surface area is 95.3 Å². The number of hydrogen-bond donors (Lipinski definition) is 2. The monoisotopic (exact) mass is 216 g/mol. The minimum absolute atomic E-state index is 0.0575. The highest BCUT2D eigenvalue weighted by molar-refractivity contribution is 5.91. The molecule has 3 nitrogen and oxygen atoms in total. The Hall–Kier alpha value is -1.77. The summed E-state index contributed by atoms with van der Waals surface area (Å²) < 4.78 is 0. The predicted molar refractivity (Wildman–Crippen MR) is 66.0 cm³/mol. The van der Waals surface area contributed by atoms with Crippen molar-refractivity contribution in [1.82, 2.24) is 0 Å². The second-order valence-corrected chi connectivity index (χ2v) is 4.14. The van der Waals surface area contributed by atoms with Crippen molar-refractivity contribution in [3.05, 3.63) is 36.4 Å². The van der Waals surface area contributed by atoms with E-state index in [4.69, 9.17) is 5.73 Å². The third-order valence-corrected chi connectivity index (χ3v) is 2.73. The third kappa shape index (κ3) is 2.86. The first-order valence-electron chi connectivity index (χ1n) is 5.56. The second kappa shape index (κ2) is 4.84. The Kier molecular flexibility index (Phi) is 3.25. The van der Waals surface area contributed by atoms with Gasteiger partial charge < -0.3 is 11.1 Å². The molecule has 0 heterocycles. The van der Waals surface area contributed by atoms with E-state index in [1.54, 1.807) is 12.1 Å². The van der Waals surface area contributed by atoms with Crippen molar-refractivity contribution in [3.63, 3.8) is 0 Å². The van der Waals surface area contributed by atoms with Crippen molar-refractivity contribution in [2.24, 2.45) is 5.92 Å². The summed E-state index contributed by atoms with van der Waals surface area (Å²) in [5.41, 5.74) is 7.07. The van der Waals surface area contributed by atoms with Crippen LogP contribution in [-0.4, -0.2) is 5.91 Å². The van der Waals surface area contributed by atoms with Crippen molar-refractivity contribution in [2.45, 2.75) is 19.3 Å². The smallest absolute Gasteiger partial charge is 0.224 e. The Morgan fingerprint density at radius 3 is 3.06 bits per heavy atom. The quantitative estimate of drug-likeness (QED) is 0.602. The number of amides is 1. The molecule has 84 valence electrons. The van der Waals surface area contributed by atoms with Gasteiger partial charge in [0.25, 0.3) is 0 Å². The Morgan fingerprint density at radius 2 is 2.38 bits per heavy atom. The van der Waals surface area contributed by atoms with E-state index in [1.165, 1.54) is 0 Å². The van der Waals surface area contributed by atoms with E-state index >= 15 is 0 Å². The standard InChI is InChI=1S/C13H16N2O/c14-11-6-3-7-12(9-11)15-13(16)8-10-4-1-2-5-10/h1,3-4,6-7,9-10H,2,5,8,14H2,(H,15,16). The number of hydrogen-bond acceptors (Lipinski definition) is 2. The summed E-state index contributed by atoms with van der Waals surface area (Å²) in [4.78, 5) is 11.7. The number of carbonyl (C=O) groups is 1. The third-order valence-electron chi connectivity index (χ3n) is 2.73. The highest BCUT2D eigenvalue weighted by atomic mass is 16.1. The average Bonchev–Trinajstić information content (AvgIpc) is 2.70. The normalized spacial score (nSPS) is 18.6. The van der Waals surface area contributed by atoms with Gasteiger partial charge in [0.2, 0.25) is 5.91 Å². The second-order valence-electron chi connectivity index (χ2n) is 4.14. The van der Waals surface area contributed by atoms with Crippen molar-refractivity contribution in [2.75, 3.05) is 11.1 Å². The minimum Gasteiger partial charge on any atom is -0.399 e. The van der Waals surface area contributed by atoms with Gasteiger partial charge in [0.05, 0.1) is 0 Å². The van der Waals surface area contributed by atoms with Gasteiger partial charge in [-0.25, -0.2) is 0 Å². The highest BCUT2D eigenvalue weighted by Crippen LogP contribution is 2.21. The van der Waals surface area contributed by atoms with Crippen LogP contribution in [0.4, 0.5) is 11.4 Å². The van der Waals surface area contributed by atoms with Crippen LogP contribution in [0.2, 0.25) is 0 Å². The van der Waals surface area contributed by atoms with Crippen LogP contribution < -0.4 is 11.1 Å². The predicted octanol–water partition coefficient (Wildman–Crippen LogP) is 2.56. The molecule has 0 saturated heterocycles. The van der Waals surface area contributed by atoms with Crippen molar-refractivity contribution in [1.29, 1.82) is 0 Å². The van der Waals surface area contributed by atoms with Crippen LogP contribution in [0, 0.1) is 5.92 Å². The number of benzene rings is 1. The average molecular weight is 216 g/mol. The van der Waals surface area contributed by atoms with Crippen molar-refractivity contribution < 1.29 is 4.79 Å². The van der Waals surface area contributed by atoms with Crippen molar-refractivity contribution >= 4 is 17.3 Å². The fourth-order valence-electron chi connectivity index (χ4n) is 1.93. The fraction of sp³-hybridized carbons (Fsp3) is 0.308. The van der Waals surface area contributed by atoms with Gasteiger partial charge in [-0.05, 0) is 37.0 Å². The highest BCUT2D eigenvalue weighted by Gasteiger charge is 2.13. The zero-order chi connectivity index (χ0) is 11.4. The number of nitrogens with two attached hydrogens (primary N) is 1. The summed E-state index contributed by atoms with van der Waals surface area (Å²) in [6.07, 6.45) is 7.00. The van der Waals surface area contributed by atoms with Gasteiger partial charge in [-0.1, -0.05) is 18.2 Å². The van der Waals surface area contributed by atoms with Crippen molar-refractivity contribution in [3.8, 4) is 0 Å². The summed E-state index contributed by atoms with van der Waals surface area (Å²) in [5.74, 6) is 0.461. The van der Waals surface area contributed by atoms with Gasteiger partial charge in [0.15, 0.2) is 0 Å². The first kappa shape index (κ1) is 10.7.